The van der Waals surface area contributed by atoms with Crippen LogP contribution in [-0.2, 0) is 11.8 Å². The van der Waals surface area contributed by atoms with Gasteiger partial charge in [-0.05, 0) is 59.8 Å². The molecule has 5 nitrogen and oxygen atoms in total. The molecule has 0 saturated carbocycles. The number of aromatic nitrogens is 1. The lowest BCUT2D eigenvalue weighted by molar-refractivity contribution is -0.119. The van der Waals surface area contributed by atoms with Gasteiger partial charge in [-0.2, -0.15) is 0 Å². The van der Waals surface area contributed by atoms with Gasteiger partial charge in [0.25, 0.3) is 5.91 Å². The van der Waals surface area contributed by atoms with Crippen molar-refractivity contribution in [3.63, 3.8) is 0 Å². The molecule has 0 radical (unpaired) electrons. The third kappa shape index (κ3) is 3.55. The van der Waals surface area contributed by atoms with Crippen molar-refractivity contribution in [2.75, 3.05) is 12.4 Å². The summed E-state index contributed by atoms with van der Waals surface area (Å²) in [6.07, 6.45) is 0. The predicted octanol–water partition coefficient (Wildman–Crippen LogP) is 5.80. The van der Waals surface area contributed by atoms with Crippen molar-refractivity contribution in [3.8, 4) is 0 Å². The summed E-state index contributed by atoms with van der Waals surface area (Å²) in [5.41, 5.74) is 5.04. The van der Waals surface area contributed by atoms with Crippen LogP contribution < -0.4 is 5.32 Å². The number of halogens is 1. The normalized spacial score (nSPS) is 17.8. The van der Waals surface area contributed by atoms with Crippen molar-refractivity contribution < 1.29 is 9.59 Å². The highest BCUT2D eigenvalue weighted by atomic mass is 79.9. The Morgan fingerprint density at radius 2 is 1.70 bits per heavy atom. The van der Waals surface area contributed by atoms with Crippen LogP contribution in [0.15, 0.2) is 77.3 Å². The lowest BCUT2D eigenvalue weighted by Gasteiger charge is -2.39. The van der Waals surface area contributed by atoms with Crippen LogP contribution >= 0.6 is 15.9 Å². The van der Waals surface area contributed by atoms with E-state index in [1.165, 1.54) is 0 Å². The predicted molar refractivity (Wildman–Crippen MR) is 134 cm³/mol. The lowest BCUT2D eigenvalue weighted by atomic mass is 9.81. The molecule has 1 aliphatic heterocycles. The van der Waals surface area contributed by atoms with Crippen molar-refractivity contribution in [3.05, 3.63) is 99.7 Å². The number of hydrogen-bond acceptors (Lipinski definition) is 2. The van der Waals surface area contributed by atoms with E-state index in [2.05, 4.69) is 44.0 Å². The summed E-state index contributed by atoms with van der Waals surface area (Å²) in [5, 5.41) is 4.21. The molecule has 6 heteroatoms. The summed E-state index contributed by atoms with van der Waals surface area (Å²) in [5.74, 6) is -0.776. The molecule has 4 aromatic rings. The number of fused-ring (bicyclic) bond motifs is 2. The summed E-state index contributed by atoms with van der Waals surface area (Å²) in [6, 6.07) is 23.0. The molecule has 1 aliphatic rings. The quantitative estimate of drug-likeness (QED) is 0.385. The molecular formula is C27H24BrN3O2. The van der Waals surface area contributed by atoms with Gasteiger partial charge in [0.15, 0.2) is 0 Å². The third-order valence-electron chi connectivity index (χ3n) is 6.60. The Morgan fingerprint density at radius 1 is 0.970 bits per heavy atom. The molecule has 1 aromatic heterocycles. The maximum atomic E-state index is 13.9. The van der Waals surface area contributed by atoms with E-state index < -0.39 is 12.0 Å². The van der Waals surface area contributed by atoms with Crippen molar-refractivity contribution >= 4 is 44.3 Å². The molecule has 3 aromatic carbocycles. The van der Waals surface area contributed by atoms with Crippen molar-refractivity contribution in [2.45, 2.75) is 18.9 Å². The lowest BCUT2D eigenvalue weighted by Crippen LogP contribution is -2.44. The molecule has 33 heavy (non-hydrogen) atoms. The number of para-hydroxylation sites is 1. The van der Waals surface area contributed by atoms with Gasteiger partial charge in [0.05, 0.1) is 12.0 Å². The fraction of sp³-hybridized carbons (Fsp3) is 0.185. The molecular weight excluding hydrogens is 478 g/mol. The van der Waals surface area contributed by atoms with Crippen LogP contribution in [0.4, 0.5) is 5.69 Å². The monoisotopic (exact) mass is 501 g/mol. The van der Waals surface area contributed by atoms with Crippen LogP contribution in [0.3, 0.4) is 0 Å². The van der Waals surface area contributed by atoms with Crippen molar-refractivity contribution in [2.24, 2.45) is 7.05 Å². The Hall–Kier alpha value is -3.38. The second kappa shape index (κ2) is 8.19. The second-order valence-corrected chi connectivity index (χ2v) is 9.48. The highest BCUT2D eigenvalue weighted by molar-refractivity contribution is 9.10. The first kappa shape index (κ1) is 21.5. The van der Waals surface area contributed by atoms with Gasteiger partial charge in [-0.25, -0.2) is 0 Å². The van der Waals surface area contributed by atoms with Gasteiger partial charge in [0, 0.05) is 41.0 Å². The molecule has 0 bridgehead atoms. The number of rotatable bonds is 3. The van der Waals surface area contributed by atoms with Crippen LogP contribution in [0.1, 0.15) is 39.1 Å². The van der Waals surface area contributed by atoms with E-state index in [1.807, 2.05) is 62.5 Å². The molecule has 1 N–H and O–H groups in total. The Bertz CT molecular complexity index is 1410. The third-order valence-corrected chi connectivity index (χ3v) is 7.09. The number of anilines is 1. The van der Waals surface area contributed by atoms with Crippen LogP contribution in [0.2, 0.25) is 0 Å². The van der Waals surface area contributed by atoms with Gasteiger partial charge in [-0.15, -0.1) is 0 Å². The number of amides is 2. The summed E-state index contributed by atoms with van der Waals surface area (Å²) < 4.78 is 3.04. The minimum atomic E-state index is -0.560. The van der Waals surface area contributed by atoms with Gasteiger partial charge in [-0.1, -0.05) is 52.3 Å². The topological polar surface area (TPSA) is 54.3 Å². The van der Waals surface area contributed by atoms with E-state index in [9.17, 15) is 9.59 Å². The average Bonchev–Trinajstić information content (AvgIpc) is 3.14. The molecule has 0 saturated heterocycles. The van der Waals surface area contributed by atoms with Gasteiger partial charge < -0.3 is 14.8 Å². The smallest absolute Gasteiger partial charge is 0.254 e. The molecule has 5 rings (SSSR count). The number of nitrogens with zero attached hydrogens (tertiary/aromatic N) is 2. The van der Waals surface area contributed by atoms with E-state index >= 15 is 0 Å². The highest BCUT2D eigenvalue weighted by Gasteiger charge is 2.43. The molecule has 0 fully saturated rings. The Balaban J connectivity index is 1.66. The van der Waals surface area contributed by atoms with Crippen molar-refractivity contribution in [1.29, 1.82) is 0 Å². The first-order valence-corrected chi connectivity index (χ1v) is 11.6. The first-order valence-electron chi connectivity index (χ1n) is 10.8. The summed E-state index contributed by atoms with van der Waals surface area (Å²) in [4.78, 5) is 28.9. The standard InChI is InChI=1S/C27H24BrN3O2/c1-16-14-18(28)12-13-21(16)29-26(32)24-19-9-5-6-10-20(19)27(33)31(3)25(24)23-15-17-8-4-7-11-22(17)30(23)2/h4-15,24-25H,1-3H3,(H,29,32). The van der Waals surface area contributed by atoms with Gasteiger partial charge in [0.1, 0.15) is 0 Å². The van der Waals surface area contributed by atoms with Crippen LogP contribution in [-0.4, -0.2) is 28.3 Å². The maximum Gasteiger partial charge on any atom is 0.254 e. The molecule has 2 unspecified atom stereocenters. The van der Waals surface area contributed by atoms with Crippen molar-refractivity contribution in [1.82, 2.24) is 9.47 Å². The fourth-order valence-electron chi connectivity index (χ4n) is 4.90. The molecule has 2 atom stereocenters. The van der Waals surface area contributed by atoms with E-state index in [-0.39, 0.29) is 11.8 Å². The van der Waals surface area contributed by atoms with Gasteiger partial charge in [-0.3, -0.25) is 9.59 Å². The Labute approximate surface area is 201 Å². The average molecular weight is 502 g/mol. The first-order chi connectivity index (χ1) is 15.9. The van der Waals surface area contributed by atoms with Crippen LogP contribution in [0, 0.1) is 6.92 Å². The minimum Gasteiger partial charge on any atom is -0.346 e. The molecule has 2 amide bonds. The van der Waals surface area contributed by atoms with E-state index in [4.69, 9.17) is 0 Å². The van der Waals surface area contributed by atoms with E-state index in [1.54, 1.807) is 18.0 Å². The summed E-state index contributed by atoms with van der Waals surface area (Å²) in [6.45, 7) is 1.96. The SMILES string of the molecule is Cc1cc(Br)ccc1NC(=O)C1c2ccccc2C(=O)N(C)C1c1cc2ccccc2n1C. The fourth-order valence-corrected chi connectivity index (χ4v) is 5.37. The zero-order chi connectivity index (χ0) is 23.3. The molecule has 0 spiro atoms. The Kier molecular flexibility index (Phi) is 5.33. The van der Waals surface area contributed by atoms with E-state index in [0.717, 1.165) is 37.9 Å². The number of carbonyl (C=O) groups excluding carboxylic acids is 2. The minimum absolute atomic E-state index is 0.0790. The van der Waals surface area contributed by atoms with Crippen LogP contribution in [0.5, 0.6) is 0 Å². The number of benzene rings is 3. The second-order valence-electron chi connectivity index (χ2n) is 8.56. The zero-order valence-corrected chi connectivity index (χ0v) is 20.3. The number of aryl methyl sites for hydroxylation is 2. The largest absolute Gasteiger partial charge is 0.346 e. The summed E-state index contributed by atoms with van der Waals surface area (Å²) in [7, 11) is 3.77. The molecule has 2 heterocycles. The highest BCUT2D eigenvalue weighted by Crippen LogP contribution is 2.43. The number of nitrogens with one attached hydrogen (secondary N) is 1. The number of carbonyl (C=O) groups is 2. The number of hydrogen-bond donors (Lipinski definition) is 1. The molecule has 0 aliphatic carbocycles. The molecule has 166 valence electrons. The zero-order valence-electron chi connectivity index (χ0n) is 18.7. The van der Waals surface area contributed by atoms with Gasteiger partial charge in [0.2, 0.25) is 5.91 Å². The van der Waals surface area contributed by atoms with Gasteiger partial charge >= 0.3 is 0 Å². The number of likely N-dealkylation sites (N-methyl/N-ethyl adjacent to an activating group) is 1. The summed E-state index contributed by atoms with van der Waals surface area (Å²) >= 11 is 3.48. The Morgan fingerprint density at radius 3 is 2.45 bits per heavy atom. The van der Waals surface area contributed by atoms with Crippen LogP contribution in [0.25, 0.3) is 10.9 Å². The van der Waals surface area contributed by atoms with E-state index in [0.29, 0.717) is 5.56 Å². The maximum absolute atomic E-state index is 13.9.